The normalized spacial score (nSPS) is 20.5. The molecule has 2 aliphatic rings. The first-order valence-electron chi connectivity index (χ1n) is 8.41. The first-order valence-corrected chi connectivity index (χ1v) is 8.41. The lowest BCUT2D eigenvalue weighted by Gasteiger charge is -2.37. The van der Waals surface area contributed by atoms with E-state index in [2.05, 4.69) is 0 Å². The topological polar surface area (TPSA) is 76.2 Å². The van der Waals surface area contributed by atoms with Gasteiger partial charge in [0.25, 0.3) is 0 Å². The molecule has 25 heavy (non-hydrogen) atoms. The summed E-state index contributed by atoms with van der Waals surface area (Å²) in [5, 5.41) is 0. The molecule has 2 amide bonds. The number of para-hydroxylation sites is 2. The largest absolute Gasteiger partial charge is 0.475 e. The number of rotatable bonds is 2. The van der Waals surface area contributed by atoms with Crippen molar-refractivity contribution in [1.29, 1.82) is 0 Å². The van der Waals surface area contributed by atoms with Gasteiger partial charge in [0.1, 0.15) is 5.75 Å². The Labute approximate surface area is 146 Å². The quantitative estimate of drug-likeness (QED) is 0.753. The van der Waals surface area contributed by atoms with Gasteiger partial charge in [0, 0.05) is 25.9 Å². The summed E-state index contributed by atoms with van der Waals surface area (Å²) in [5.41, 5.74) is 0.668. The van der Waals surface area contributed by atoms with E-state index in [-0.39, 0.29) is 24.3 Å². The summed E-state index contributed by atoms with van der Waals surface area (Å²) in [6.07, 6.45) is 0.419. The highest BCUT2D eigenvalue weighted by Crippen LogP contribution is 2.35. The number of likely N-dealkylation sites (tertiary alicyclic amines) is 1. The van der Waals surface area contributed by atoms with Crippen LogP contribution in [0.25, 0.3) is 0 Å². The number of benzene rings is 1. The van der Waals surface area contributed by atoms with Crippen LogP contribution in [0, 0.1) is 5.92 Å². The molecule has 7 heteroatoms. The average Bonchev–Trinajstić information content (AvgIpc) is 2.65. The number of nitrogens with zero attached hydrogens (tertiary/aromatic N) is 2. The summed E-state index contributed by atoms with van der Waals surface area (Å²) in [6.45, 7) is 2.84. The van der Waals surface area contributed by atoms with Gasteiger partial charge in [0.15, 0.2) is 0 Å². The van der Waals surface area contributed by atoms with E-state index in [1.165, 1.54) is 7.11 Å². The molecule has 134 valence electrons. The van der Waals surface area contributed by atoms with Crippen molar-refractivity contribution in [2.45, 2.75) is 25.9 Å². The molecule has 2 aliphatic heterocycles. The van der Waals surface area contributed by atoms with Crippen LogP contribution in [-0.2, 0) is 19.1 Å². The smallest absolute Gasteiger partial charge is 0.348 e. The van der Waals surface area contributed by atoms with Gasteiger partial charge in [0.2, 0.25) is 17.9 Å². The fraction of sp³-hybridized carbons (Fsp3) is 0.500. The van der Waals surface area contributed by atoms with Crippen LogP contribution in [0.3, 0.4) is 0 Å². The van der Waals surface area contributed by atoms with Crippen molar-refractivity contribution in [2.24, 2.45) is 5.92 Å². The fourth-order valence-corrected chi connectivity index (χ4v) is 3.36. The van der Waals surface area contributed by atoms with Gasteiger partial charge in [-0.3, -0.25) is 9.59 Å². The molecule has 3 rings (SSSR count). The molecule has 0 radical (unpaired) electrons. The van der Waals surface area contributed by atoms with Gasteiger partial charge in [-0.25, -0.2) is 4.79 Å². The lowest BCUT2D eigenvalue weighted by Crippen LogP contribution is -2.51. The van der Waals surface area contributed by atoms with E-state index < -0.39 is 12.1 Å². The highest BCUT2D eigenvalue weighted by atomic mass is 16.6. The van der Waals surface area contributed by atoms with Crippen molar-refractivity contribution >= 4 is 23.5 Å². The third kappa shape index (κ3) is 3.45. The Kier molecular flexibility index (Phi) is 4.92. The lowest BCUT2D eigenvalue weighted by atomic mass is 9.94. The molecular formula is C18H22N2O5. The van der Waals surface area contributed by atoms with Crippen LogP contribution in [0.2, 0.25) is 0 Å². The second-order valence-electron chi connectivity index (χ2n) is 6.33. The van der Waals surface area contributed by atoms with E-state index in [0.717, 1.165) is 0 Å². The molecule has 0 spiro atoms. The minimum Gasteiger partial charge on any atom is -0.475 e. The van der Waals surface area contributed by atoms with Gasteiger partial charge >= 0.3 is 5.97 Å². The SMILES string of the molecule is COC(=O)C1CN(C(=O)C2CCN(C(C)=O)CC2)c2ccccc2O1. The van der Waals surface area contributed by atoms with E-state index in [1.807, 2.05) is 12.1 Å². The molecule has 0 aliphatic carbocycles. The molecule has 0 aromatic heterocycles. The van der Waals surface area contributed by atoms with Crippen LogP contribution >= 0.6 is 0 Å². The van der Waals surface area contributed by atoms with E-state index in [1.54, 1.807) is 28.9 Å². The number of anilines is 1. The zero-order chi connectivity index (χ0) is 18.0. The monoisotopic (exact) mass is 346 g/mol. The van der Waals surface area contributed by atoms with Crippen LogP contribution in [0.5, 0.6) is 5.75 Å². The number of methoxy groups -OCH3 is 1. The van der Waals surface area contributed by atoms with Crippen molar-refractivity contribution in [3.05, 3.63) is 24.3 Å². The zero-order valence-corrected chi connectivity index (χ0v) is 14.4. The molecular weight excluding hydrogens is 324 g/mol. The van der Waals surface area contributed by atoms with Crippen molar-refractivity contribution in [2.75, 3.05) is 31.6 Å². The minimum atomic E-state index is -0.832. The Balaban J connectivity index is 1.79. The zero-order valence-electron chi connectivity index (χ0n) is 14.4. The van der Waals surface area contributed by atoms with Crippen LogP contribution in [-0.4, -0.2) is 55.5 Å². The maximum Gasteiger partial charge on any atom is 0.348 e. The first-order chi connectivity index (χ1) is 12.0. The second kappa shape index (κ2) is 7.13. The Hall–Kier alpha value is -2.57. The van der Waals surface area contributed by atoms with E-state index >= 15 is 0 Å². The van der Waals surface area contributed by atoms with Gasteiger partial charge in [-0.2, -0.15) is 0 Å². The average molecular weight is 346 g/mol. The third-order valence-corrected chi connectivity index (χ3v) is 4.79. The Morgan fingerprint density at radius 2 is 1.84 bits per heavy atom. The number of hydrogen-bond donors (Lipinski definition) is 0. The van der Waals surface area contributed by atoms with Crippen LogP contribution in [0.1, 0.15) is 19.8 Å². The molecule has 0 saturated carbocycles. The molecule has 1 saturated heterocycles. The molecule has 2 heterocycles. The summed E-state index contributed by atoms with van der Waals surface area (Å²) in [6, 6.07) is 7.18. The summed E-state index contributed by atoms with van der Waals surface area (Å²) in [7, 11) is 1.30. The van der Waals surface area contributed by atoms with Crippen molar-refractivity contribution in [1.82, 2.24) is 4.90 Å². The van der Waals surface area contributed by atoms with Gasteiger partial charge < -0.3 is 19.3 Å². The van der Waals surface area contributed by atoms with E-state index in [0.29, 0.717) is 37.4 Å². The number of amides is 2. The summed E-state index contributed by atoms with van der Waals surface area (Å²) in [4.78, 5) is 39.8. The van der Waals surface area contributed by atoms with Crippen molar-refractivity contribution < 1.29 is 23.9 Å². The van der Waals surface area contributed by atoms with Gasteiger partial charge in [-0.15, -0.1) is 0 Å². The number of ether oxygens (including phenoxy) is 2. The van der Waals surface area contributed by atoms with Crippen molar-refractivity contribution in [3.63, 3.8) is 0 Å². The molecule has 7 nitrogen and oxygen atoms in total. The molecule has 1 fully saturated rings. The first kappa shape index (κ1) is 17.3. The predicted octanol–water partition coefficient (Wildman–Crippen LogP) is 1.21. The highest BCUT2D eigenvalue weighted by Gasteiger charge is 2.37. The van der Waals surface area contributed by atoms with Crippen LogP contribution in [0.4, 0.5) is 5.69 Å². The molecule has 1 atom stereocenters. The van der Waals surface area contributed by atoms with Gasteiger partial charge in [-0.05, 0) is 25.0 Å². The number of hydrogen-bond acceptors (Lipinski definition) is 5. The summed E-state index contributed by atoms with van der Waals surface area (Å²) in [5.74, 6) is -0.168. The Bertz CT molecular complexity index is 682. The predicted molar refractivity (Wildman–Crippen MR) is 90.2 cm³/mol. The summed E-state index contributed by atoms with van der Waals surface area (Å²) < 4.78 is 10.5. The standard InChI is InChI=1S/C18H22N2O5/c1-12(21)19-9-7-13(8-10-19)17(22)20-11-16(18(23)24-2)25-15-6-4-3-5-14(15)20/h3-6,13,16H,7-11H2,1-2H3. The molecule has 1 aromatic rings. The third-order valence-electron chi connectivity index (χ3n) is 4.79. The molecule has 1 unspecified atom stereocenters. The molecule has 1 aromatic carbocycles. The van der Waals surface area contributed by atoms with Crippen LogP contribution < -0.4 is 9.64 Å². The second-order valence-corrected chi connectivity index (χ2v) is 6.33. The maximum absolute atomic E-state index is 13.1. The number of piperidine rings is 1. The van der Waals surface area contributed by atoms with Gasteiger partial charge in [0.05, 0.1) is 19.3 Å². The molecule has 0 bridgehead atoms. The minimum absolute atomic E-state index is 0.0344. The fourth-order valence-electron chi connectivity index (χ4n) is 3.36. The van der Waals surface area contributed by atoms with Crippen LogP contribution in [0.15, 0.2) is 24.3 Å². The highest BCUT2D eigenvalue weighted by molar-refractivity contribution is 5.98. The number of esters is 1. The van der Waals surface area contributed by atoms with Gasteiger partial charge in [-0.1, -0.05) is 12.1 Å². The van der Waals surface area contributed by atoms with Crippen molar-refractivity contribution in [3.8, 4) is 5.75 Å². The number of carbonyl (C=O) groups is 3. The summed E-state index contributed by atoms with van der Waals surface area (Å²) >= 11 is 0. The number of carbonyl (C=O) groups excluding carboxylic acids is 3. The Morgan fingerprint density at radius 1 is 1.16 bits per heavy atom. The Morgan fingerprint density at radius 3 is 2.48 bits per heavy atom. The van der Waals surface area contributed by atoms with E-state index in [9.17, 15) is 14.4 Å². The lowest BCUT2D eigenvalue weighted by molar-refractivity contribution is -0.149. The molecule has 0 N–H and O–H groups in total. The maximum atomic E-state index is 13.1. The van der Waals surface area contributed by atoms with E-state index in [4.69, 9.17) is 9.47 Å². The number of fused-ring (bicyclic) bond motifs is 1.